The average molecular weight is 525 g/mol. The maximum absolute atomic E-state index is 12.8. The number of nitrogens with one attached hydrogen (secondary N) is 1. The lowest BCUT2D eigenvalue weighted by atomic mass is 10.1. The smallest absolute Gasteiger partial charge is 0.325 e. The molecule has 2 aromatic heterocycles. The minimum atomic E-state index is -0.724. The van der Waals surface area contributed by atoms with Crippen molar-refractivity contribution >= 4 is 50.7 Å². The number of benzene rings is 2. The van der Waals surface area contributed by atoms with E-state index in [-0.39, 0.29) is 19.1 Å². The number of rotatable bonds is 7. The first-order valence-corrected chi connectivity index (χ1v) is 12.3. The van der Waals surface area contributed by atoms with Crippen LogP contribution < -0.4 is 14.8 Å². The molecule has 4 aromatic rings. The van der Waals surface area contributed by atoms with Gasteiger partial charge in [0.2, 0.25) is 12.6 Å². The van der Waals surface area contributed by atoms with Crippen LogP contribution in [0.3, 0.4) is 0 Å². The molecule has 1 N–H and O–H groups in total. The van der Waals surface area contributed by atoms with Gasteiger partial charge >= 0.3 is 5.97 Å². The summed E-state index contributed by atoms with van der Waals surface area (Å²) in [6, 6.07) is 14.7. The molecule has 3 heterocycles. The molecule has 1 amide bonds. The van der Waals surface area contributed by atoms with Crippen LogP contribution in [0.25, 0.3) is 15.8 Å². The molecule has 0 aliphatic carbocycles. The molecule has 0 unspecified atom stereocenters. The van der Waals surface area contributed by atoms with Crippen molar-refractivity contribution in [2.75, 3.05) is 19.9 Å². The highest BCUT2D eigenvalue weighted by Crippen LogP contribution is 2.36. The minimum Gasteiger partial charge on any atom is -0.456 e. The molecule has 2 aromatic carbocycles. The maximum Gasteiger partial charge on any atom is 0.325 e. The fourth-order valence-electron chi connectivity index (χ4n) is 4.13. The Bertz CT molecular complexity index is 1520. The van der Waals surface area contributed by atoms with Crippen LogP contribution in [0.15, 0.2) is 48.5 Å². The van der Waals surface area contributed by atoms with Gasteiger partial charge in [0.25, 0.3) is 5.91 Å². The van der Waals surface area contributed by atoms with Crippen LogP contribution in [0, 0.1) is 13.8 Å². The lowest BCUT2D eigenvalue weighted by Gasteiger charge is -2.11. The second kappa shape index (κ2) is 9.67. The van der Waals surface area contributed by atoms with Gasteiger partial charge in [0, 0.05) is 38.8 Å². The number of halogens is 1. The van der Waals surface area contributed by atoms with E-state index in [1.54, 1.807) is 6.07 Å². The molecular weight excluding hydrogens is 504 g/mol. The Morgan fingerprint density at radius 1 is 1.08 bits per heavy atom. The SMILES string of the molecule is Cc1cc(C(=O)COC(=O)CNC(=O)c2sc3ccccc3c2Cl)c(C)n1-c1ccc2c(c1)OCO2. The van der Waals surface area contributed by atoms with Crippen molar-refractivity contribution < 1.29 is 28.6 Å². The van der Waals surface area contributed by atoms with Crippen molar-refractivity contribution in [2.24, 2.45) is 0 Å². The summed E-state index contributed by atoms with van der Waals surface area (Å²) in [5.41, 5.74) is 2.82. The van der Waals surface area contributed by atoms with Crippen LogP contribution in [0.4, 0.5) is 0 Å². The number of hydrogen-bond donors (Lipinski definition) is 1. The van der Waals surface area contributed by atoms with Gasteiger partial charge in [-0.15, -0.1) is 11.3 Å². The summed E-state index contributed by atoms with van der Waals surface area (Å²) >= 11 is 7.55. The fraction of sp³-hybridized carbons (Fsp3) is 0.192. The Kier molecular flexibility index (Phi) is 6.42. The van der Waals surface area contributed by atoms with E-state index < -0.39 is 18.5 Å². The van der Waals surface area contributed by atoms with E-state index in [2.05, 4.69) is 5.32 Å². The molecule has 0 saturated heterocycles. The second-order valence-corrected chi connectivity index (χ2v) is 9.60. The zero-order chi connectivity index (χ0) is 25.4. The topological polar surface area (TPSA) is 95.9 Å². The van der Waals surface area contributed by atoms with E-state index in [9.17, 15) is 14.4 Å². The third-order valence-corrected chi connectivity index (χ3v) is 7.52. The highest BCUT2D eigenvalue weighted by molar-refractivity contribution is 7.21. The highest BCUT2D eigenvalue weighted by atomic mass is 35.5. The number of esters is 1. The Balaban J connectivity index is 1.20. The molecule has 10 heteroatoms. The van der Waals surface area contributed by atoms with Crippen molar-refractivity contribution in [1.29, 1.82) is 0 Å². The molecule has 8 nitrogen and oxygen atoms in total. The summed E-state index contributed by atoms with van der Waals surface area (Å²) < 4.78 is 18.7. The number of Topliss-reactive ketones (excluding diaryl/α,β-unsaturated/α-hetero) is 1. The second-order valence-electron chi connectivity index (χ2n) is 8.17. The minimum absolute atomic E-state index is 0.176. The van der Waals surface area contributed by atoms with Gasteiger partial charge in [0.15, 0.2) is 18.1 Å². The van der Waals surface area contributed by atoms with Gasteiger partial charge in [-0.2, -0.15) is 0 Å². The standard InChI is InChI=1S/C26H21ClN2O6S/c1-14-9-18(15(2)29(14)16-7-8-20-21(10-16)35-13-34-20)19(30)12-33-23(31)11-28-26(32)25-24(27)17-5-3-4-6-22(17)36-25/h3-10H,11-13H2,1-2H3,(H,28,32). The van der Waals surface area contributed by atoms with Crippen molar-refractivity contribution in [3.05, 3.63) is 75.4 Å². The number of carbonyl (C=O) groups excluding carboxylic acids is 3. The number of thiophene rings is 1. The molecule has 0 bridgehead atoms. The van der Waals surface area contributed by atoms with Crippen LogP contribution in [0.1, 0.15) is 31.4 Å². The Morgan fingerprint density at radius 2 is 1.86 bits per heavy atom. The highest BCUT2D eigenvalue weighted by Gasteiger charge is 2.21. The van der Waals surface area contributed by atoms with Gasteiger partial charge in [-0.25, -0.2) is 0 Å². The molecule has 0 fully saturated rings. The van der Waals surface area contributed by atoms with Gasteiger partial charge in [-0.3, -0.25) is 14.4 Å². The zero-order valence-corrected chi connectivity index (χ0v) is 21.0. The van der Waals surface area contributed by atoms with Crippen LogP contribution in [0.5, 0.6) is 11.5 Å². The van der Waals surface area contributed by atoms with Crippen LogP contribution >= 0.6 is 22.9 Å². The Hall–Kier alpha value is -3.82. The molecule has 1 aliphatic heterocycles. The van der Waals surface area contributed by atoms with Crippen molar-refractivity contribution in [3.8, 4) is 17.2 Å². The summed E-state index contributed by atoms with van der Waals surface area (Å²) in [5.74, 6) is -0.232. The van der Waals surface area contributed by atoms with E-state index >= 15 is 0 Å². The number of amides is 1. The average Bonchev–Trinajstić information content (AvgIpc) is 3.56. The summed E-state index contributed by atoms with van der Waals surface area (Å²) in [6.07, 6.45) is 0. The number of ketones is 1. The number of fused-ring (bicyclic) bond motifs is 2. The quantitative estimate of drug-likeness (QED) is 0.274. The van der Waals surface area contributed by atoms with E-state index in [1.165, 1.54) is 11.3 Å². The van der Waals surface area contributed by atoms with Crippen LogP contribution in [0.2, 0.25) is 5.02 Å². The monoisotopic (exact) mass is 524 g/mol. The largest absolute Gasteiger partial charge is 0.456 e. The van der Waals surface area contributed by atoms with Crippen molar-refractivity contribution in [1.82, 2.24) is 9.88 Å². The number of nitrogens with zero attached hydrogens (tertiary/aromatic N) is 1. The summed E-state index contributed by atoms with van der Waals surface area (Å²) in [6.45, 7) is 3.06. The third-order valence-electron chi connectivity index (χ3n) is 5.84. The summed E-state index contributed by atoms with van der Waals surface area (Å²) in [7, 11) is 0. The number of aryl methyl sites for hydroxylation is 1. The van der Waals surface area contributed by atoms with Gasteiger partial charge in [0.1, 0.15) is 11.4 Å². The molecule has 0 atom stereocenters. The van der Waals surface area contributed by atoms with Crippen LogP contribution in [-0.4, -0.2) is 42.2 Å². The molecule has 5 rings (SSSR count). The number of aromatic nitrogens is 1. The molecule has 0 saturated carbocycles. The van der Waals surface area contributed by atoms with Crippen LogP contribution in [-0.2, 0) is 9.53 Å². The normalized spacial score (nSPS) is 12.1. The number of hydrogen-bond acceptors (Lipinski definition) is 7. The third kappa shape index (κ3) is 4.43. The summed E-state index contributed by atoms with van der Waals surface area (Å²) in [5, 5.41) is 3.63. The van der Waals surface area contributed by atoms with Crippen molar-refractivity contribution in [3.63, 3.8) is 0 Å². The number of ether oxygens (including phenoxy) is 3. The number of carbonyl (C=O) groups is 3. The maximum atomic E-state index is 12.8. The predicted octanol–water partition coefficient (Wildman–Crippen LogP) is 4.85. The lowest BCUT2D eigenvalue weighted by Crippen LogP contribution is -2.31. The Morgan fingerprint density at radius 3 is 2.67 bits per heavy atom. The molecule has 0 radical (unpaired) electrons. The predicted molar refractivity (Wildman–Crippen MR) is 136 cm³/mol. The molecule has 1 aliphatic rings. The van der Waals surface area contributed by atoms with Gasteiger partial charge < -0.3 is 24.1 Å². The van der Waals surface area contributed by atoms with E-state index in [4.69, 9.17) is 25.8 Å². The molecule has 184 valence electrons. The van der Waals surface area contributed by atoms with E-state index in [0.29, 0.717) is 32.7 Å². The molecule has 36 heavy (non-hydrogen) atoms. The van der Waals surface area contributed by atoms with Gasteiger partial charge in [0.05, 0.1) is 5.02 Å². The molecular formula is C26H21ClN2O6S. The van der Waals surface area contributed by atoms with E-state index in [0.717, 1.165) is 21.5 Å². The summed E-state index contributed by atoms with van der Waals surface area (Å²) in [4.78, 5) is 37.9. The van der Waals surface area contributed by atoms with Gasteiger partial charge in [-0.05, 0) is 38.1 Å². The first-order valence-electron chi connectivity index (χ1n) is 11.1. The lowest BCUT2D eigenvalue weighted by molar-refractivity contribution is -0.141. The molecule has 0 spiro atoms. The Labute approximate surface area is 215 Å². The van der Waals surface area contributed by atoms with E-state index in [1.807, 2.05) is 60.9 Å². The van der Waals surface area contributed by atoms with Crippen molar-refractivity contribution in [2.45, 2.75) is 13.8 Å². The fourth-order valence-corrected chi connectivity index (χ4v) is 5.57. The first kappa shape index (κ1) is 23.9. The first-order chi connectivity index (χ1) is 17.3. The zero-order valence-electron chi connectivity index (χ0n) is 19.4. The van der Waals surface area contributed by atoms with Gasteiger partial charge in [-0.1, -0.05) is 29.8 Å².